The van der Waals surface area contributed by atoms with Gasteiger partial charge in [-0.05, 0) is 24.3 Å². The lowest BCUT2D eigenvalue weighted by Crippen LogP contribution is -2.11. The van der Waals surface area contributed by atoms with Crippen LogP contribution in [0.25, 0.3) is 0 Å². The molecule has 0 radical (unpaired) electrons. The zero-order chi connectivity index (χ0) is 13.0. The number of hydrogen-bond acceptors (Lipinski definition) is 4. The Bertz CT molecular complexity index is 599. The number of furan rings is 1. The molecule has 5 heteroatoms. The summed E-state index contributed by atoms with van der Waals surface area (Å²) in [5, 5.41) is 9.22. The van der Waals surface area contributed by atoms with Gasteiger partial charge in [0.15, 0.2) is 12.4 Å². The van der Waals surface area contributed by atoms with Gasteiger partial charge in [-0.2, -0.15) is 5.26 Å². The van der Waals surface area contributed by atoms with Crippen molar-refractivity contribution in [1.82, 2.24) is 0 Å². The molecule has 0 aliphatic heterocycles. The average Bonchev–Trinajstić information content (AvgIpc) is 2.90. The molecule has 0 atom stereocenters. The number of benzene rings is 1. The molecule has 90 valence electrons. The quantitative estimate of drug-likeness (QED) is 0.794. The van der Waals surface area contributed by atoms with Gasteiger partial charge >= 0.3 is 0 Å². The van der Waals surface area contributed by atoms with Gasteiger partial charge in [0.05, 0.1) is 11.3 Å². The number of ketones is 1. The predicted octanol–water partition coefficient (Wildman–Crippen LogP) is 3.07. The lowest BCUT2D eigenvalue weighted by atomic mass is 10.2. The second kappa shape index (κ2) is 5.39. The van der Waals surface area contributed by atoms with Crippen molar-refractivity contribution in [3.63, 3.8) is 0 Å². The van der Waals surface area contributed by atoms with Crippen LogP contribution in [0.1, 0.15) is 16.1 Å². The first-order valence-corrected chi connectivity index (χ1v) is 5.48. The van der Waals surface area contributed by atoms with E-state index in [0.717, 1.165) is 0 Å². The van der Waals surface area contributed by atoms with Crippen molar-refractivity contribution in [3.8, 4) is 11.8 Å². The van der Waals surface area contributed by atoms with E-state index in [4.69, 9.17) is 26.0 Å². The molecule has 0 aliphatic carbocycles. The van der Waals surface area contributed by atoms with Crippen LogP contribution >= 0.6 is 11.6 Å². The number of nitriles is 1. The van der Waals surface area contributed by atoms with Crippen LogP contribution in [0.4, 0.5) is 0 Å². The van der Waals surface area contributed by atoms with Gasteiger partial charge in [0, 0.05) is 0 Å². The fourth-order valence-corrected chi connectivity index (χ4v) is 1.59. The number of nitrogens with zero attached hydrogens (tertiary/aromatic N) is 1. The van der Waals surface area contributed by atoms with Crippen molar-refractivity contribution < 1.29 is 13.9 Å². The summed E-state index contributed by atoms with van der Waals surface area (Å²) in [6, 6.07) is 9.92. The molecular weight excluding hydrogens is 254 g/mol. The van der Waals surface area contributed by atoms with Crippen LogP contribution in [-0.4, -0.2) is 12.4 Å². The van der Waals surface area contributed by atoms with E-state index in [0.29, 0.717) is 5.02 Å². The number of hydrogen-bond donors (Lipinski definition) is 0. The second-order valence-electron chi connectivity index (χ2n) is 3.41. The predicted molar refractivity (Wildman–Crippen MR) is 64.7 cm³/mol. The van der Waals surface area contributed by atoms with Gasteiger partial charge in [0.1, 0.15) is 17.4 Å². The summed E-state index contributed by atoms with van der Waals surface area (Å²) >= 11 is 5.84. The Morgan fingerprint density at radius 1 is 1.39 bits per heavy atom. The number of rotatable bonds is 4. The first-order chi connectivity index (χ1) is 8.72. The zero-order valence-corrected chi connectivity index (χ0v) is 9.98. The summed E-state index contributed by atoms with van der Waals surface area (Å²) in [6.07, 6.45) is 1.41. The minimum absolute atomic E-state index is 0.206. The van der Waals surface area contributed by atoms with Crippen LogP contribution in [0.3, 0.4) is 0 Å². The molecular formula is C13H8ClNO3. The Labute approximate surface area is 108 Å². The number of halogens is 1. The normalized spacial score (nSPS) is 9.78. The van der Waals surface area contributed by atoms with Crippen LogP contribution in [-0.2, 0) is 0 Å². The Morgan fingerprint density at radius 3 is 2.89 bits per heavy atom. The molecule has 2 rings (SSSR count). The van der Waals surface area contributed by atoms with Gasteiger partial charge in [-0.3, -0.25) is 4.79 Å². The van der Waals surface area contributed by atoms with Crippen molar-refractivity contribution in [2.75, 3.05) is 6.61 Å². The highest BCUT2D eigenvalue weighted by atomic mass is 35.5. The Hall–Kier alpha value is -2.25. The van der Waals surface area contributed by atoms with E-state index in [-0.39, 0.29) is 29.5 Å². The minimum Gasteiger partial charge on any atom is -0.484 e. The lowest BCUT2D eigenvalue weighted by Gasteiger charge is -2.06. The summed E-state index contributed by atoms with van der Waals surface area (Å²) in [7, 11) is 0. The van der Waals surface area contributed by atoms with Crippen LogP contribution in [0, 0.1) is 11.3 Å². The van der Waals surface area contributed by atoms with Gasteiger partial charge in [-0.15, -0.1) is 0 Å². The fraction of sp³-hybridized carbons (Fsp3) is 0.0769. The third kappa shape index (κ3) is 2.53. The largest absolute Gasteiger partial charge is 0.484 e. The van der Waals surface area contributed by atoms with Gasteiger partial charge in [-0.1, -0.05) is 17.7 Å². The van der Waals surface area contributed by atoms with Crippen molar-refractivity contribution in [1.29, 1.82) is 5.26 Å². The van der Waals surface area contributed by atoms with Crippen LogP contribution in [0.15, 0.2) is 41.0 Å². The number of carbonyl (C=O) groups excluding carboxylic acids is 1. The van der Waals surface area contributed by atoms with E-state index >= 15 is 0 Å². The summed E-state index contributed by atoms with van der Waals surface area (Å²) < 4.78 is 10.2. The van der Waals surface area contributed by atoms with Crippen LogP contribution in [0.5, 0.6) is 5.75 Å². The standard InChI is InChI=1S/C13H8ClNO3/c14-10-3-1-4-12(9(10)7-15)18-8-11(16)13-5-2-6-17-13/h1-6H,8H2. The third-order valence-corrected chi connectivity index (χ3v) is 2.56. The average molecular weight is 262 g/mol. The Kier molecular flexibility index (Phi) is 3.66. The summed E-state index contributed by atoms with van der Waals surface area (Å²) in [5.41, 5.74) is 0.214. The molecule has 1 aromatic heterocycles. The summed E-state index contributed by atoms with van der Waals surface area (Å²) in [5.74, 6) is 0.198. The molecule has 0 saturated carbocycles. The van der Waals surface area contributed by atoms with Crippen molar-refractivity contribution in [3.05, 3.63) is 52.9 Å². The molecule has 0 bridgehead atoms. The topological polar surface area (TPSA) is 63.2 Å². The summed E-state index contributed by atoms with van der Waals surface area (Å²) in [6.45, 7) is -0.206. The van der Waals surface area contributed by atoms with E-state index in [9.17, 15) is 4.79 Å². The highest BCUT2D eigenvalue weighted by molar-refractivity contribution is 6.31. The minimum atomic E-state index is -0.302. The molecule has 0 fully saturated rings. The maximum absolute atomic E-state index is 11.6. The van der Waals surface area contributed by atoms with E-state index in [1.54, 1.807) is 30.3 Å². The molecule has 2 aromatic rings. The maximum Gasteiger partial charge on any atom is 0.235 e. The highest BCUT2D eigenvalue weighted by Crippen LogP contribution is 2.25. The van der Waals surface area contributed by atoms with E-state index < -0.39 is 0 Å². The molecule has 0 unspecified atom stereocenters. The zero-order valence-electron chi connectivity index (χ0n) is 9.22. The molecule has 0 N–H and O–H groups in total. The van der Waals surface area contributed by atoms with E-state index in [1.807, 2.05) is 6.07 Å². The number of carbonyl (C=O) groups is 1. The third-order valence-electron chi connectivity index (χ3n) is 2.24. The molecule has 0 aliphatic rings. The van der Waals surface area contributed by atoms with Crippen LogP contribution < -0.4 is 4.74 Å². The molecule has 0 saturated heterocycles. The fourth-order valence-electron chi connectivity index (χ4n) is 1.38. The monoisotopic (exact) mass is 261 g/mol. The van der Waals surface area contributed by atoms with Crippen LogP contribution in [0.2, 0.25) is 5.02 Å². The maximum atomic E-state index is 11.6. The highest BCUT2D eigenvalue weighted by Gasteiger charge is 2.12. The van der Waals surface area contributed by atoms with Gasteiger partial charge < -0.3 is 9.15 Å². The first kappa shape index (κ1) is 12.2. The lowest BCUT2D eigenvalue weighted by molar-refractivity contribution is 0.0893. The number of ether oxygens (including phenoxy) is 1. The molecule has 0 spiro atoms. The van der Waals surface area contributed by atoms with Crippen molar-refractivity contribution in [2.45, 2.75) is 0 Å². The second-order valence-corrected chi connectivity index (χ2v) is 3.82. The molecule has 1 aromatic carbocycles. The van der Waals surface area contributed by atoms with Gasteiger partial charge in [0.2, 0.25) is 5.78 Å². The molecule has 1 heterocycles. The number of Topliss-reactive ketones (excluding diaryl/α,β-unsaturated/α-hetero) is 1. The first-order valence-electron chi connectivity index (χ1n) is 5.10. The molecule has 0 amide bonds. The van der Waals surface area contributed by atoms with Gasteiger partial charge in [-0.25, -0.2) is 0 Å². The summed E-state index contributed by atoms with van der Waals surface area (Å²) in [4.78, 5) is 11.6. The van der Waals surface area contributed by atoms with E-state index in [2.05, 4.69) is 0 Å². The Balaban J connectivity index is 2.10. The van der Waals surface area contributed by atoms with Gasteiger partial charge in [0.25, 0.3) is 0 Å². The smallest absolute Gasteiger partial charge is 0.235 e. The molecule has 4 nitrogen and oxygen atoms in total. The van der Waals surface area contributed by atoms with E-state index in [1.165, 1.54) is 6.26 Å². The van der Waals surface area contributed by atoms with Crippen molar-refractivity contribution >= 4 is 17.4 Å². The Morgan fingerprint density at radius 2 is 2.22 bits per heavy atom. The molecule has 18 heavy (non-hydrogen) atoms. The SMILES string of the molecule is N#Cc1c(Cl)cccc1OCC(=O)c1ccco1. The van der Waals surface area contributed by atoms with Crippen molar-refractivity contribution in [2.24, 2.45) is 0 Å².